The van der Waals surface area contributed by atoms with E-state index in [9.17, 15) is 9.59 Å². The van der Waals surface area contributed by atoms with Gasteiger partial charge >= 0.3 is 0 Å². The number of amides is 2. The Morgan fingerprint density at radius 2 is 2.00 bits per heavy atom. The quantitative estimate of drug-likeness (QED) is 0.874. The zero-order chi connectivity index (χ0) is 18.3. The van der Waals surface area contributed by atoms with E-state index in [4.69, 9.17) is 0 Å². The lowest BCUT2D eigenvalue weighted by molar-refractivity contribution is -0.138. The highest BCUT2D eigenvalue weighted by Crippen LogP contribution is 2.36. The van der Waals surface area contributed by atoms with Crippen molar-refractivity contribution in [3.63, 3.8) is 0 Å². The Bertz CT molecular complexity index is 760. The van der Waals surface area contributed by atoms with Gasteiger partial charge in [0.1, 0.15) is 12.6 Å². The number of fused-ring (bicyclic) bond motifs is 3. The average Bonchev–Trinajstić information content (AvgIpc) is 3.00. The molecule has 1 aromatic carbocycles. The molecule has 1 aliphatic carbocycles. The van der Waals surface area contributed by atoms with Gasteiger partial charge in [-0.05, 0) is 49.9 Å². The highest BCUT2D eigenvalue weighted by Gasteiger charge is 2.48. The van der Waals surface area contributed by atoms with E-state index >= 15 is 0 Å². The van der Waals surface area contributed by atoms with E-state index in [1.165, 1.54) is 18.4 Å². The van der Waals surface area contributed by atoms with Gasteiger partial charge in [0.05, 0.1) is 0 Å². The minimum atomic E-state index is -0.181. The van der Waals surface area contributed by atoms with Crippen molar-refractivity contribution in [1.29, 1.82) is 0 Å². The molecule has 2 aliphatic heterocycles. The molecular weight excluding hydrogens is 328 g/mol. The number of hydrazine groups is 1. The Hall–Kier alpha value is -2.34. The van der Waals surface area contributed by atoms with Gasteiger partial charge in [-0.1, -0.05) is 18.9 Å². The summed E-state index contributed by atoms with van der Waals surface area (Å²) in [5, 5.41) is 4.84. The van der Waals surface area contributed by atoms with Crippen LogP contribution in [-0.2, 0) is 9.59 Å². The summed E-state index contributed by atoms with van der Waals surface area (Å²) in [5.41, 5.74) is 6.54. The fourth-order valence-electron chi connectivity index (χ4n) is 4.31. The lowest BCUT2D eigenvalue weighted by atomic mass is 9.81. The molecular formula is C20H26N4O2. The predicted octanol–water partition coefficient (Wildman–Crippen LogP) is 2.30. The van der Waals surface area contributed by atoms with E-state index in [2.05, 4.69) is 10.7 Å². The summed E-state index contributed by atoms with van der Waals surface area (Å²) in [5.74, 6) is 0.182. The van der Waals surface area contributed by atoms with Crippen LogP contribution >= 0.6 is 0 Å². The molecule has 4 rings (SSSR count). The molecule has 138 valence electrons. The second-order valence-corrected chi connectivity index (χ2v) is 7.65. The van der Waals surface area contributed by atoms with Crippen molar-refractivity contribution in [2.75, 3.05) is 11.9 Å². The molecule has 2 heterocycles. The van der Waals surface area contributed by atoms with E-state index in [0.717, 1.165) is 24.1 Å². The Kier molecular flexibility index (Phi) is 4.44. The molecule has 3 aliphatic rings. The molecule has 2 amide bonds. The Balaban J connectivity index is 1.42. The molecule has 1 aromatic rings. The fraction of sp³-hybridized carbons (Fsp3) is 0.500. The smallest absolute Gasteiger partial charge is 0.251 e. The Morgan fingerprint density at radius 3 is 2.81 bits per heavy atom. The lowest BCUT2D eigenvalue weighted by Crippen LogP contribution is -2.51. The van der Waals surface area contributed by atoms with Gasteiger partial charge in [-0.2, -0.15) is 0 Å². The van der Waals surface area contributed by atoms with Crippen LogP contribution in [-0.4, -0.2) is 40.4 Å². The third kappa shape index (κ3) is 3.09. The van der Waals surface area contributed by atoms with Gasteiger partial charge in [0, 0.05) is 30.0 Å². The number of nitrogens with one attached hydrogen (secondary N) is 2. The predicted molar refractivity (Wildman–Crippen MR) is 99.9 cm³/mol. The third-order valence-electron chi connectivity index (χ3n) is 5.89. The number of nitrogens with zero attached hydrogens (tertiary/aromatic N) is 2. The first-order valence-electron chi connectivity index (χ1n) is 9.43. The number of rotatable bonds is 3. The van der Waals surface area contributed by atoms with Crippen LogP contribution < -0.4 is 10.7 Å². The number of carbonyl (C=O) groups is 2. The first-order valence-corrected chi connectivity index (χ1v) is 9.43. The molecule has 2 N–H and O–H groups in total. The summed E-state index contributed by atoms with van der Waals surface area (Å²) >= 11 is 0. The molecule has 3 unspecified atom stereocenters. The number of hydrogen-bond donors (Lipinski definition) is 2. The number of aryl methyl sites for hydroxylation is 2. The second kappa shape index (κ2) is 6.76. The van der Waals surface area contributed by atoms with E-state index in [0.29, 0.717) is 12.0 Å². The molecule has 0 spiro atoms. The largest absolute Gasteiger partial charge is 0.325 e. The highest BCUT2D eigenvalue weighted by atomic mass is 16.2. The highest BCUT2D eigenvalue weighted by molar-refractivity contribution is 5.96. The average molecular weight is 354 g/mol. The molecule has 2 fully saturated rings. The molecule has 1 saturated heterocycles. The maximum Gasteiger partial charge on any atom is 0.251 e. The van der Waals surface area contributed by atoms with Gasteiger partial charge in [-0.3, -0.25) is 9.59 Å². The zero-order valence-corrected chi connectivity index (χ0v) is 15.4. The van der Waals surface area contributed by atoms with E-state index in [1.54, 1.807) is 11.1 Å². The molecule has 3 atom stereocenters. The van der Waals surface area contributed by atoms with Gasteiger partial charge in [0.25, 0.3) is 5.91 Å². The maximum absolute atomic E-state index is 13.0. The Morgan fingerprint density at radius 1 is 1.19 bits per heavy atom. The Labute approximate surface area is 154 Å². The summed E-state index contributed by atoms with van der Waals surface area (Å²) in [6, 6.07) is 6.04. The van der Waals surface area contributed by atoms with Gasteiger partial charge in [0.15, 0.2) is 0 Å². The van der Waals surface area contributed by atoms with Crippen molar-refractivity contribution in [1.82, 2.24) is 15.3 Å². The van der Waals surface area contributed by atoms with E-state index < -0.39 is 0 Å². The van der Waals surface area contributed by atoms with Crippen molar-refractivity contribution >= 4 is 17.5 Å². The van der Waals surface area contributed by atoms with Gasteiger partial charge < -0.3 is 15.2 Å². The lowest BCUT2D eigenvalue weighted by Gasteiger charge is -2.34. The van der Waals surface area contributed by atoms with E-state index in [1.807, 2.05) is 43.3 Å². The van der Waals surface area contributed by atoms with Crippen LogP contribution in [0.3, 0.4) is 0 Å². The summed E-state index contributed by atoms with van der Waals surface area (Å²) in [7, 11) is 0. The minimum Gasteiger partial charge on any atom is -0.325 e. The minimum absolute atomic E-state index is 0.0182. The number of carbonyl (C=O) groups excluding carboxylic acids is 2. The fourth-order valence-corrected chi connectivity index (χ4v) is 4.31. The van der Waals surface area contributed by atoms with Crippen molar-refractivity contribution in [2.24, 2.45) is 5.92 Å². The van der Waals surface area contributed by atoms with Crippen LogP contribution in [0.1, 0.15) is 36.8 Å². The van der Waals surface area contributed by atoms with Crippen LogP contribution in [0.5, 0.6) is 0 Å². The van der Waals surface area contributed by atoms with Crippen LogP contribution in [0.25, 0.3) is 0 Å². The van der Waals surface area contributed by atoms with Gasteiger partial charge in [0.2, 0.25) is 5.91 Å². The molecule has 1 saturated carbocycles. The third-order valence-corrected chi connectivity index (χ3v) is 5.89. The van der Waals surface area contributed by atoms with Crippen LogP contribution in [0, 0.1) is 19.8 Å². The summed E-state index contributed by atoms with van der Waals surface area (Å²) < 4.78 is 0. The molecule has 0 bridgehead atoms. The summed E-state index contributed by atoms with van der Waals surface area (Å²) in [6.07, 6.45) is 8.19. The van der Waals surface area contributed by atoms with Crippen molar-refractivity contribution < 1.29 is 9.59 Å². The number of benzene rings is 1. The van der Waals surface area contributed by atoms with Crippen molar-refractivity contribution in [2.45, 2.75) is 51.6 Å². The zero-order valence-electron chi connectivity index (χ0n) is 15.4. The van der Waals surface area contributed by atoms with Crippen LogP contribution in [0.15, 0.2) is 30.6 Å². The first kappa shape index (κ1) is 17.1. The SMILES string of the molecule is Cc1ccc(NC(=O)CN2C=CN3NC4CCCCC4C3C2=O)cc1C. The normalized spacial score (nSPS) is 27.3. The monoisotopic (exact) mass is 354 g/mol. The summed E-state index contributed by atoms with van der Waals surface area (Å²) in [4.78, 5) is 26.9. The first-order chi connectivity index (χ1) is 12.5. The topological polar surface area (TPSA) is 64.7 Å². The van der Waals surface area contributed by atoms with Crippen LogP contribution in [0.2, 0.25) is 0 Å². The van der Waals surface area contributed by atoms with Gasteiger partial charge in [-0.15, -0.1) is 0 Å². The number of hydrogen-bond acceptors (Lipinski definition) is 4. The molecule has 0 aromatic heterocycles. The molecule has 6 nitrogen and oxygen atoms in total. The molecule has 0 radical (unpaired) electrons. The number of anilines is 1. The maximum atomic E-state index is 13.0. The van der Waals surface area contributed by atoms with E-state index in [-0.39, 0.29) is 24.4 Å². The second-order valence-electron chi connectivity index (χ2n) is 7.65. The van der Waals surface area contributed by atoms with Crippen molar-refractivity contribution in [3.05, 3.63) is 41.7 Å². The standard InChI is InChI=1S/C20H26N4O2/c1-13-7-8-15(11-14(13)2)21-18(25)12-23-9-10-24-19(20(23)26)16-5-3-4-6-17(16)22-24/h7-11,16-17,19,22H,3-6,12H2,1-2H3,(H,21,25). The van der Waals surface area contributed by atoms with Crippen LogP contribution in [0.4, 0.5) is 5.69 Å². The molecule has 6 heteroatoms. The van der Waals surface area contributed by atoms with Crippen molar-refractivity contribution in [3.8, 4) is 0 Å². The summed E-state index contributed by atoms with van der Waals surface area (Å²) in [6.45, 7) is 4.10. The van der Waals surface area contributed by atoms with Gasteiger partial charge in [-0.25, -0.2) is 5.43 Å². The molecule has 26 heavy (non-hydrogen) atoms.